The summed E-state index contributed by atoms with van der Waals surface area (Å²) in [5.74, 6) is 5.42. The molecule has 0 aliphatic heterocycles. The SMILES string of the molecule is CCc1ccc(C(=O)NCc2ccc(C#CCO)s2)s1. The summed E-state index contributed by atoms with van der Waals surface area (Å²) in [6, 6.07) is 7.70. The van der Waals surface area contributed by atoms with E-state index in [0.29, 0.717) is 6.54 Å². The minimum atomic E-state index is -0.137. The van der Waals surface area contributed by atoms with Gasteiger partial charge in [0.2, 0.25) is 0 Å². The normalized spacial score (nSPS) is 9.90. The van der Waals surface area contributed by atoms with E-state index in [1.807, 2.05) is 24.3 Å². The third kappa shape index (κ3) is 3.94. The van der Waals surface area contributed by atoms with Gasteiger partial charge < -0.3 is 10.4 Å². The van der Waals surface area contributed by atoms with E-state index in [2.05, 4.69) is 24.1 Å². The summed E-state index contributed by atoms with van der Waals surface area (Å²) in [7, 11) is 0. The Labute approximate surface area is 126 Å². The highest BCUT2D eigenvalue weighted by Gasteiger charge is 2.08. The molecular formula is C15H15NO2S2. The van der Waals surface area contributed by atoms with Gasteiger partial charge in [-0.05, 0) is 30.7 Å². The quantitative estimate of drug-likeness (QED) is 0.853. The second-order valence-electron chi connectivity index (χ2n) is 4.03. The van der Waals surface area contributed by atoms with Crippen LogP contribution < -0.4 is 5.32 Å². The topological polar surface area (TPSA) is 49.3 Å². The average molecular weight is 305 g/mol. The number of rotatable bonds is 4. The molecular weight excluding hydrogens is 290 g/mol. The second-order valence-corrected chi connectivity index (χ2v) is 6.36. The molecule has 0 fully saturated rings. The van der Waals surface area contributed by atoms with Crippen molar-refractivity contribution in [2.75, 3.05) is 6.61 Å². The van der Waals surface area contributed by atoms with Crippen molar-refractivity contribution in [3.05, 3.63) is 43.8 Å². The Balaban J connectivity index is 1.91. The molecule has 0 bridgehead atoms. The van der Waals surface area contributed by atoms with Crippen molar-refractivity contribution in [1.29, 1.82) is 0 Å². The van der Waals surface area contributed by atoms with Crippen LogP contribution in [-0.4, -0.2) is 17.6 Å². The summed E-state index contributed by atoms with van der Waals surface area (Å²) >= 11 is 3.06. The minimum absolute atomic E-state index is 0.0360. The van der Waals surface area contributed by atoms with Crippen LogP contribution in [0.5, 0.6) is 0 Å². The number of amides is 1. The Morgan fingerprint density at radius 1 is 1.25 bits per heavy atom. The molecule has 2 rings (SSSR count). The molecule has 2 aromatic rings. The zero-order valence-corrected chi connectivity index (χ0v) is 12.7. The second kappa shape index (κ2) is 7.25. The monoisotopic (exact) mass is 305 g/mol. The lowest BCUT2D eigenvalue weighted by Crippen LogP contribution is -2.21. The van der Waals surface area contributed by atoms with E-state index < -0.39 is 0 Å². The van der Waals surface area contributed by atoms with E-state index in [1.54, 1.807) is 0 Å². The number of aliphatic hydroxyl groups excluding tert-OH is 1. The number of nitrogens with one attached hydrogen (secondary N) is 1. The molecule has 1 amide bonds. The standard InChI is InChI=1S/C15H15NO2S2/c1-2-11-7-8-14(20-11)15(18)16-10-13-6-5-12(19-13)4-3-9-17/h5-8,17H,2,9-10H2,1H3,(H,16,18). The highest BCUT2D eigenvalue weighted by Crippen LogP contribution is 2.18. The van der Waals surface area contributed by atoms with E-state index >= 15 is 0 Å². The van der Waals surface area contributed by atoms with Crippen molar-refractivity contribution in [3.8, 4) is 11.8 Å². The Bertz CT molecular complexity index is 646. The number of carbonyl (C=O) groups is 1. The lowest BCUT2D eigenvalue weighted by Gasteiger charge is -2.00. The fraction of sp³-hybridized carbons (Fsp3) is 0.267. The first-order chi connectivity index (χ1) is 9.72. The van der Waals surface area contributed by atoms with Gasteiger partial charge in [-0.25, -0.2) is 0 Å². The van der Waals surface area contributed by atoms with Gasteiger partial charge in [-0.2, -0.15) is 0 Å². The maximum Gasteiger partial charge on any atom is 0.261 e. The van der Waals surface area contributed by atoms with Gasteiger partial charge in [0.1, 0.15) is 6.61 Å². The third-order valence-electron chi connectivity index (χ3n) is 2.61. The van der Waals surface area contributed by atoms with Crippen molar-refractivity contribution in [2.45, 2.75) is 19.9 Å². The average Bonchev–Trinajstić information content (AvgIpc) is 3.11. The lowest BCUT2D eigenvalue weighted by atomic mass is 10.3. The van der Waals surface area contributed by atoms with Crippen molar-refractivity contribution >= 4 is 28.6 Å². The van der Waals surface area contributed by atoms with E-state index in [9.17, 15) is 4.79 Å². The molecule has 2 aromatic heterocycles. The molecule has 5 heteroatoms. The van der Waals surface area contributed by atoms with Gasteiger partial charge in [-0.15, -0.1) is 22.7 Å². The van der Waals surface area contributed by atoms with Crippen molar-refractivity contribution in [1.82, 2.24) is 5.32 Å². The summed E-state index contributed by atoms with van der Waals surface area (Å²) in [5.41, 5.74) is 0. The summed E-state index contributed by atoms with van der Waals surface area (Å²) < 4.78 is 0. The van der Waals surface area contributed by atoms with Crippen LogP contribution in [0.1, 0.15) is 31.2 Å². The number of thiophene rings is 2. The van der Waals surface area contributed by atoms with Crippen LogP contribution >= 0.6 is 22.7 Å². The van der Waals surface area contributed by atoms with Crippen LogP contribution in [0.25, 0.3) is 0 Å². The largest absolute Gasteiger partial charge is 0.384 e. The van der Waals surface area contributed by atoms with Gasteiger partial charge in [0.15, 0.2) is 0 Å². The smallest absolute Gasteiger partial charge is 0.261 e. The maximum atomic E-state index is 12.0. The van der Waals surface area contributed by atoms with Crippen LogP contribution in [-0.2, 0) is 13.0 Å². The molecule has 0 aliphatic carbocycles. The fourth-order valence-electron chi connectivity index (χ4n) is 1.61. The maximum absolute atomic E-state index is 12.0. The van der Waals surface area contributed by atoms with Crippen molar-refractivity contribution in [3.63, 3.8) is 0 Å². The first kappa shape index (κ1) is 14.8. The van der Waals surface area contributed by atoms with Crippen LogP contribution in [0.2, 0.25) is 0 Å². The van der Waals surface area contributed by atoms with Gasteiger partial charge in [-0.3, -0.25) is 4.79 Å². The predicted molar refractivity (Wildman–Crippen MR) is 83.2 cm³/mol. The zero-order valence-electron chi connectivity index (χ0n) is 11.1. The summed E-state index contributed by atoms with van der Waals surface area (Å²) in [5, 5.41) is 11.5. The first-order valence-electron chi connectivity index (χ1n) is 6.28. The van der Waals surface area contributed by atoms with E-state index in [0.717, 1.165) is 21.1 Å². The molecule has 0 saturated heterocycles. The van der Waals surface area contributed by atoms with Crippen LogP contribution in [0.15, 0.2) is 24.3 Å². The molecule has 0 unspecified atom stereocenters. The number of aryl methyl sites for hydroxylation is 1. The van der Waals surface area contributed by atoms with E-state index in [-0.39, 0.29) is 12.5 Å². The Kier molecular flexibility index (Phi) is 5.36. The van der Waals surface area contributed by atoms with Gasteiger partial charge in [-0.1, -0.05) is 18.8 Å². The van der Waals surface area contributed by atoms with E-state index in [4.69, 9.17) is 5.11 Å². The van der Waals surface area contributed by atoms with Crippen molar-refractivity contribution < 1.29 is 9.90 Å². The molecule has 104 valence electrons. The van der Waals surface area contributed by atoms with Crippen LogP contribution in [0.3, 0.4) is 0 Å². The zero-order chi connectivity index (χ0) is 14.4. The van der Waals surface area contributed by atoms with Crippen LogP contribution in [0.4, 0.5) is 0 Å². The molecule has 0 radical (unpaired) electrons. The highest BCUT2D eigenvalue weighted by molar-refractivity contribution is 7.14. The number of hydrogen-bond acceptors (Lipinski definition) is 4. The molecule has 0 atom stereocenters. The van der Waals surface area contributed by atoms with Crippen LogP contribution in [0, 0.1) is 11.8 Å². The lowest BCUT2D eigenvalue weighted by molar-refractivity contribution is 0.0955. The van der Waals surface area contributed by atoms with Crippen molar-refractivity contribution in [2.24, 2.45) is 0 Å². The molecule has 0 aromatic carbocycles. The molecule has 2 N–H and O–H groups in total. The Morgan fingerprint density at radius 2 is 2.05 bits per heavy atom. The molecule has 0 saturated carbocycles. The summed E-state index contributed by atoms with van der Waals surface area (Å²) in [4.78, 5) is 15.9. The van der Waals surface area contributed by atoms with Gasteiger partial charge in [0, 0.05) is 9.75 Å². The highest BCUT2D eigenvalue weighted by atomic mass is 32.1. The van der Waals surface area contributed by atoms with Gasteiger partial charge >= 0.3 is 0 Å². The molecule has 2 heterocycles. The van der Waals surface area contributed by atoms with Gasteiger partial charge in [0.05, 0.1) is 16.3 Å². The summed E-state index contributed by atoms with van der Waals surface area (Å²) in [6.07, 6.45) is 0.954. The predicted octanol–water partition coefficient (Wildman–Crippen LogP) is 2.65. The number of hydrogen-bond donors (Lipinski definition) is 2. The molecule has 0 spiro atoms. The fourth-order valence-corrected chi connectivity index (χ4v) is 3.30. The number of aliphatic hydroxyl groups is 1. The van der Waals surface area contributed by atoms with Gasteiger partial charge in [0.25, 0.3) is 5.91 Å². The minimum Gasteiger partial charge on any atom is -0.384 e. The third-order valence-corrected chi connectivity index (χ3v) is 4.84. The molecule has 20 heavy (non-hydrogen) atoms. The summed E-state index contributed by atoms with van der Waals surface area (Å²) in [6.45, 7) is 2.44. The number of carbonyl (C=O) groups excluding carboxylic acids is 1. The van der Waals surface area contributed by atoms with E-state index in [1.165, 1.54) is 27.6 Å². The molecule has 3 nitrogen and oxygen atoms in total. The first-order valence-corrected chi connectivity index (χ1v) is 7.91. The Morgan fingerprint density at radius 3 is 2.75 bits per heavy atom. The molecule has 0 aliphatic rings. The Hall–Kier alpha value is -1.61.